The molecule has 0 saturated heterocycles. The topological polar surface area (TPSA) is 70.9 Å². The van der Waals surface area contributed by atoms with Gasteiger partial charge in [-0.3, -0.25) is 0 Å². The number of benzene rings is 1. The third kappa shape index (κ3) is 2.43. The number of nitrogens with one attached hydrogen (secondary N) is 1. The highest BCUT2D eigenvalue weighted by Gasteiger charge is 2.03. The van der Waals surface area contributed by atoms with Gasteiger partial charge in [-0.1, -0.05) is 0 Å². The fourth-order valence-electron chi connectivity index (χ4n) is 1.07. The van der Waals surface area contributed by atoms with E-state index in [9.17, 15) is 4.91 Å². The number of aliphatic hydroxyl groups is 1. The van der Waals surface area contributed by atoms with E-state index in [4.69, 9.17) is 9.84 Å². The highest BCUT2D eigenvalue weighted by Crippen LogP contribution is 2.28. The molecular weight excluding hydrogens is 184 g/mol. The van der Waals surface area contributed by atoms with Crippen LogP contribution in [-0.4, -0.2) is 25.4 Å². The van der Waals surface area contributed by atoms with Crippen LogP contribution in [0.15, 0.2) is 23.4 Å². The Labute approximate surface area is 81.7 Å². The standard InChI is InChI=1S/C9H12N2O3/c1-14-9-6-7(11-13)2-3-8(9)10-4-5-12/h2-3,6,10,12H,4-5H2,1H3. The molecular formula is C9H12N2O3. The normalized spacial score (nSPS) is 9.57. The quantitative estimate of drug-likeness (QED) is 0.700. The summed E-state index contributed by atoms with van der Waals surface area (Å²) in [6, 6.07) is 4.80. The van der Waals surface area contributed by atoms with Crippen LogP contribution in [0.4, 0.5) is 11.4 Å². The van der Waals surface area contributed by atoms with E-state index in [1.807, 2.05) is 0 Å². The Balaban J connectivity index is 2.87. The van der Waals surface area contributed by atoms with Gasteiger partial charge in [-0.2, -0.15) is 0 Å². The van der Waals surface area contributed by atoms with Gasteiger partial charge >= 0.3 is 0 Å². The average molecular weight is 196 g/mol. The summed E-state index contributed by atoms with van der Waals surface area (Å²) >= 11 is 0. The summed E-state index contributed by atoms with van der Waals surface area (Å²) < 4.78 is 5.04. The van der Waals surface area contributed by atoms with Gasteiger partial charge in [0.25, 0.3) is 0 Å². The molecule has 0 amide bonds. The monoisotopic (exact) mass is 196 g/mol. The first-order valence-corrected chi connectivity index (χ1v) is 4.18. The minimum absolute atomic E-state index is 0.0385. The molecule has 1 aromatic rings. The molecule has 0 unspecified atom stereocenters. The number of nitrogens with zero attached hydrogens (tertiary/aromatic N) is 1. The van der Waals surface area contributed by atoms with E-state index in [0.717, 1.165) is 5.69 Å². The molecule has 0 fully saturated rings. The van der Waals surface area contributed by atoms with Gasteiger partial charge in [0.05, 0.1) is 19.4 Å². The average Bonchev–Trinajstić information content (AvgIpc) is 2.26. The molecule has 0 saturated carbocycles. The summed E-state index contributed by atoms with van der Waals surface area (Å²) in [4.78, 5) is 10.2. The van der Waals surface area contributed by atoms with Crippen LogP contribution in [-0.2, 0) is 0 Å². The van der Waals surface area contributed by atoms with Gasteiger partial charge < -0.3 is 15.2 Å². The molecule has 2 N–H and O–H groups in total. The van der Waals surface area contributed by atoms with Crippen molar-refractivity contribution in [3.63, 3.8) is 0 Å². The van der Waals surface area contributed by atoms with Crippen molar-refractivity contribution >= 4 is 11.4 Å². The van der Waals surface area contributed by atoms with Crippen molar-refractivity contribution in [3.05, 3.63) is 23.1 Å². The molecule has 5 heteroatoms. The van der Waals surface area contributed by atoms with E-state index in [1.54, 1.807) is 12.1 Å². The van der Waals surface area contributed by atoms with E-state index in [0.29, 0.717) is 18.0 Å². The van der Waals surface area contributed by atoms with Crippen molar-refractivity contribution in [1.82, 2.24) is 0 Å². The fraction of sp³-hybridized carbons (Fsp3) is 0.333. The first-order valence-electron chi connectivity index (χ1n) is 4.18. The number of aliphatic hydroxyl groups excluding tert-OH is 1. The molecule has 0 radical (unpaired) electrons. The number of ether oxygens (including phenoxy) is 1. The lowest BCUT2D eigenvalue weighted by Crippen LogP contribution is -2.06. The lowest BCUT2D eigenvalue weighted by atomic mass is 10.2. The van der Waals surface area contributed by atoms with Crippen molar-refractivity contribution in [1.29, 1.82) is 0 Å². The Morgan fingerprint density at radius 3 is 2.93 bits per heavy atom. The first-order chi connectivity index (χ1) is 6.81. The second-order valence-corrected chi connectivity index (χ2v) is 2.63. The second kappa shape index (κ2) is 5.18. The van der Waals surface area contributed by atoms with Crippen LogP contribution in [0.3, 0.4) is 0 Å². The third-order valence-corrected chi connectivity index (χ3v) is 1.72. The molecule has 5 nitrogen and oxygen atoms in total. The van der Waals surface area contributed by atoms with E-state index in [1.165, 1.54) is 13.2 Å². The molecule has 0 aliphatic heterocycles. The predicted octanol–water partition coefficient (Wildman–Crippen LogP) is 1.50. The van der Waals surface area contributed by atoms with Crippen LogP contribution < -0.4 is 10.1 Å². The second-order valence-electron chi connectivity index (χ2n) is 2.63. The van der Waals surface area contributed by atoms with Gasteiger partial charge in [0, 0.05) is 12.6 Å². The minimum atomic E-state index is 0.0385. The molecule has 14 heavy (non-hydrogen) atoms. The molecule has 0 aromatic heterocycles. The van der Waals surface area contributed by atoms with Gasteiger partial charge in [-0.05, 0) is 17.3 Å². The molecule has 1 aromatic carbocycles. The van der Waals surface area contributed by atoms with E-state index < -0.39 is 0 Å². The van der Waals surface area contributed by atoms with Crippen molar-refractivity contribution < 1.29 is 9.84 Å². The Hall–Kier alpha value is -1.62. The summed E-state index contributed by atoms with van der Waals surface area (Å²) in [5, 5.41) is 14.4. The Morgan fingerprint density at radius 2 is 2.36 bits per heavy atom. The number of anilines is 1. The molecule has 0 spiro atoms. The number of methoxy groups -OCH3 is 1. The Kier molecular flexibility index (Phi) is 3.87. The van der Waals surface area contributed by atoms with Gasteiger partial charge in [-0.25, -0.2) is 0 Å². The van der Waals surface area contributed by atoms with Crippen LogP contribution in [0.2, 0.25) is 0 Å². The lowest BCUT2D eigenvalue weighted by Gasteiger charge is -2.09. The predicted molar refractivity (Wildman–Crippen MR) is 54.0 cm³/mol. The number of nitroso groups, excluding NO2 is 1. The van der Waals surface area contributed by atoms with Crippen molar-refractivity contribution in [2.24, 2.45) is 5.18 Å². The Morgan fingerprint density at radius 1 is 1.57 bits per heavy atom. The van der Waals surface area contributed by atoms with Crippen LogP contribution in [0, 0.1) is 4.91 Å². The number of hydrogen-bond acceptors (Lipinski definition) is 5. The maximum absolute atomic E-state index is 10.2. The van der Waals surface area contributed by atoms with Gasteiger partial charge in [0.15, 0.2) is 0 Å². The SMILES string of the molecule is COc1cc(N=O)ccc1NCCO. The third-order valence-electron chi connectivity index (χ3n) is 1.72. The first kappa shape index (κ1) is 10.5. The van der Waals surface area contributed by atoms with Crippen molar-refractivity contribution in [3.8, 4) is 5.75 Å². The Bertz CT molecular complexity index is 315. The molecule has 0 heterocycles. The van der Waals surface area contributed by atoms with Gasteiger partial charge in [0.2, 0.25) is 0 Å². The zero-order chi connectivity index (χ0) is 10.4. The summed E-state index contributed by atoms with van der Waals surface area (Å²) in [5.74, 6) is 0.538. The maximum Gasteiger partial charge on any atom is 0.144 e. The molecule has 0 aliphatic carbocycles. The van der Waals surface area contributed by atoms with Crippen LogP contribution in [0.1, 0.15) is 0 Å². The number of rotatable bonds is 5. The maximum atomic E-state index is 10.2. The van der Waals surface area contributed by atoms with E-state index in [-0.39, 0.29) is 6.61 Å². The van der Waals surface area contributed by atoms with Crippen LogP contribution >= 0.6 is 0 Å². The molecule has 0 bridgehead atoms. The molecule has 76 valence electrons. The number of hydrogen-bond donors (Lipinski definition) is 2. The molecule has 1 rings (SSSR count). The summed E-state index contributed by atoms with van der Waals surface area (Å²) in [7, 11) is 1.51. The lowest BCUT2D eigenvalue weighted by molar-refractivity contribution is 0.311. The van der Waals surface area contributed by atoms with E-state index >= 15 is 0 Å². The smallest absolute Gasteiger partial charge is 0.144 e. The highest BCUT2D eigenvalue weighted by molar-refractivity contribution is 5.62. The molecule has 0 aliphatic rings. The van der Waals surface area contributed by atoms with Crippen molar-refractivity contribution in [2.45, 2.75) is 0 Å². The highest BCUT2D eigenvalue weighted by atomic mass is 16.5. The van der Waals surface area contributed by atoms with Gasteiger partial charge in [0.1, 0.15) is 11.4 Å². The molecule has 0 atom stereocenters. The minimum Gasteiger partial charge on any atom is -0.495 e. The zero-order valence-electron chi connectivity index (χ0n) is 7.86. The largest absolute Gasteiger partial charge is 0.495 e. The summed E-state index contributed by atoms with van der Waals surface area (Å²) in [5.41, 5.74) is 1.05. The van der Waals surface area contributed by atoms with Crippen LogP contribution in [0.25, 0.3) is 0 Å². The van der Waals surface area contributed by atoms with Crippen molar-refractivity contribution in [2.75, 3.05) is 25.6 Å². The zero-order valence-corrected chi connectivity index (χ0v) is 7.86. The van der Waals surface area contributed by atoms with Gasteiger partial charge in [-0.15, -0.1) is 4.91 Å². The van der Waals surface area contributed by atoms with Crippen LogP contribution in [0.5, 0.6) is 5.75 Å². The summed E-state index contributed by atoms with van der Waals surface area (Å²) in [6.07, 6.45) is 0. The van der Waals surface area contributed by atoms with E-state index in [2.05, 4.69) is 10.5 Å². The fourth-order valence-corrected chi connectivity index (χ4v) is 1.07. The summed E-state index contributed by atoms with van der Waals surface area (Å²) in [6.45, 7) is 0.473.